The molecule has 0 spiro atoms. The second-order valence-electron chi connectivity index (χ2n) is 5.40. The van der Waals surface area contributed by atoms with Crippen molar-refractivity contribution in [1.82, 2.24) is 0 Å². The van der Waals surface area contributed by atoms with Crippen LogP contribution in [0.3, 0.4) is 0 Å². The van der Waals surface area contributed by atoms with E-state index >= 15 is 0 Å². The van der Waals surface area contributed by atoms with Crippen molar-refractivity contribution in [3.8, 4) is 17.2 Å². The third-order valence-electron chi connectivity index (χ3n) is 3.90. The number of fused-ring (bicyclic) bond motifs is 1. The van der Waals surface area contributed by atoms with E-state index in [-0.39, 0.29) is 19.9 Å². The summed E-state index contributed by atoms with van der Waals surface area (Å²) in [6.45, 7) is 1.20. The molecule has 1 aliphatic rings. The fourth-order valence-electron chi connectivity index (χ4n) is 2.57. The van der Waals surface area contributed by atoms with Crippen LogP contribution in [0.4, 0.5) is 0 Å². The van der Waals surface area contributed by atoms with Crippen LogP contribution in [0.25, 0.3) is 0 Å². The molecule has 2 N–H and O–H groups in total. The summed E-state index contributed by atoms with van der Waals surface area (Å²) < 4.78 is 16.3. The van der Waals surface area contributed by atoms with Gasteiger partial charge < -0.3 is 32.4 Å². The Morgan fingerprint density at radius 2 is 1.78 bits per heavy atom. The summed E-state index contributed by atoms with van der Waals surface area (Å²) in [6.07, 6.45) is 1.81. The molecule has 0 saturated heterocycles. The quantitative estimate of drug-likeness (QED) is 0.849. The molecule has 5 heteroatoms. The lowest BCUT2D eigenvalue weighted by atomic mass is 9.99. The van der Waals surface area contributed by atoms with Gasteiger partial charge in [-0.15, -0.1) is 0 Å². The molecule has 0 saturated carbocycles. The Morgan fingerprint density at radius 1 is 1.09 bits per heavy atom. The van der Waals surface area contributed by atoms with Gasteiger partial charge in [-0.05, 0) is 48.2 Å². The lowest BCUT2D eigenvalue weighted by molar-refractivity contribution is -0.00000545. The van der Waals surface area contributed by atoms with Gasteiger partial charge in [0.15, 0.2) is 11.5 Å². The molecule has 0 aliphatic carbocycles. The van der Waals surface area contributed by atoms with E-state index in [1.165, 1.54) is 5.56 Å². The second kappa shape index (κ2) is 8.09. The molecule has 0 fully saturated rings. The van der Waals surface area contributed by atoms with E-state index in [1.807, 2.05) is 30.3 Å². The van der Waals surface area contributed by atoms with E-state index in [0.29, 0.717) is 13.2 Å². The first-order valence-corrected chi connectivity index (χ1v) is 7.54. The Morgan fingerprint density at radius 3 is 2.48 bits per heavy atom. The summed E-state index contributed by atoms with van der Waals surface area (Å²) in [6, 6.07) is 14.1. The molecule has 2 aromatic rings. The van der Waals surface area contributed by atoms with Crippen molar-refractivity contribution >= 4 is 0 Å². The van der Waals surface area contributed by atoms with Gasteiger partial charge in [-0.3, -0.25) is 0 Å². The first-order chi connectivity index (χ1) is 10.8. The molecule has 23 heavy (non-hydrogen) atoms. The zero-order valence-electron chi connectivity index (χ0n) is 14.1. The maximum absolute atomic E-state index is 6.31. The first-order valence-electron chi connectivity index (χ1n) is 7.54. The molecule has 1 heterocycles. The fourth-order valence-corrected chi connectivity index (χ4v) is 2.57. The lowest BCUT2D eigenvalue weighted by Gasteiger charge is -2.20. The Kier molecular flexibility index (Phi) is 6.13. The standard InChI is InChI=1S/C18H21NO3.ClH/c1-20-15-6-2-13(3-7-15)4-8-16(19)14-5-9-17-18(12-14)22-11-10-21-17;/h2-3,5-7,9,12,16H,4,8,10-11,19H2,1H3;1H. The molecule has 0 aromatic heterocycles. The van der Waals surface area contributed by atoms with E-state index in [0.717, 1.165) is 35.7 Å². The number of methoxy groups -OCH3 is 1. The summed E-state index contributed by atoms with van der Waals surface area (Å²) in [7, 11) is 1.67. The molecule has 0 amide bonds. The third-order valence-corrected chi connectivity index (χ3v) is 3.90. The first kappa shape index (κ1) is 17.4. The highest BCUT2D eigenvalue weighted by Gasteiger charge is 2.14. The molecule has 1 aliphatic heterocycles. The van der Waals surface area contributed by atoms with Crippen molar-refractivity contribution in [2.24, 2.45) is 5.73 Å². The largest absolute Gasteiger partial charge is 1.00 e. The van der Waals surface area contributed by atoms with Gasteiger partial charge in [0, 0.05) is 6.04 Å². The van der Waals surface area contributed by atoms with Gasteiger partial charge >= 0.3 is 1.43 Å². The van der Waals surface area contributed by atoms with Crippen LogP contribution in [0.1, 0.15) is 25.0 Å². The van der Waals surface area contributed by atoms with Crippen molar-refractivity contribution in [3.05, 3.63) is 53.6 Å². The van der Waals surface area contributed by atoms with Crippen molar-refractivity contribution in [3.63, 3.8) is 0 Å². The van der Waals surface area contributed by atoms with Gasteiger partial charge in [-0.1, -0.05) is 18.2 Å². The molecule has 0 radical (unpaired) electrons. The fraction of sp³-hybridized carbons (Fsp3) is 0.333. The molecular formula is C18H22ClNO3. The van der Waals surface area contributed by atoms with Crippen LogP contribution in [0, 0.1) is 0 Å². The monoisotopic (exact) mass is 335 g/mol. The normalized spacial score (nSPS) is 13.8. The van der Waals surface area contributed by atoms with E-state index < -0.39 is 0 Å². The van der Waals surface area contributed by atoms with E-state index in [2.05, 4.69) is 12.1 Å². The average molecular weight is 336 g/mol. The van der Waals surface area contributed by atoms with Crippen molar-refractivity contribution in [2.45, 2.75) is 18.9 Å². The molecule has 4 nitrogen and oxygen atoms in total. The lowest BCUT2D eigenvalue weighted by Crippen LogP contribution is -3.00. The number of ether oxygens (including phenoxy) is 3. The van der Waals surface area contributed by atoms with Crippen LogP contribution in [-0.2, 0) is 6.42 Å². The van der Waals surface area contributed by atoms with E-state index in [9.17, 15) is 0 Å². The number of hydrogen-bond acceptors (Lipinski definition) is 4. The van der Waals surface area contributed by atoms with Gasteiger partial charge in [0.25, 0.3) is 0 Å². The summed E-state index contributed by atoms with van der Waals surface area (Å²) >= 11 is 0. The zero-order chi connectivity index (χ0) is 15.4. The van der Waals surface area contributed by atoms with Gasteiger partial charge in [0.2, 0.25) is 0 Å². The van der Waals surface area contributed by atoms with E-state index in [1.54, 1.807) is 7.11 Å². The Labute approximate surface area is 144 Å². The van der Waals surface area contributed by atoms with Crippen molar-refractivity contribution < 1.29 is 28.0 Å². The highest BCUT2D eigenvalue weighted by atomic mass is 35.5. The molecule has 0 bridgehead atoms. The predicted octanol–water partition coefficient (Wildman–Crippen LogP) is 0.216. The summed E-state index contributed by atoms with van der Waals surface area (Å²) in [4.78, 5) is 0. The van der Waals surface area contributed by atoms with Gasteiger partial charge in [0.1, 0.15) is 19.0 Å². The molecule has 3 rings (SSSR count). The number of nitrogens with two attached hydrogens (primary N) is 1. The smallest absolute Gasteiger partial charge is 1.00 e. The van der Waals surface area contributed by atoms with Crippen molar-refractivity contribution in [2.75, 3.05) is 20.3 Å². The third kappa shape index (κ3) is 4.30. The average Bonchev–Trinajstić information content (AvgIpc) is 2.59. The number of halogens is 1. The number of hydrogen-bond donors (Lipinski definition) is 1. The van der Waals surface area contributed by atoms with Gasteiger partial charge in [-0.25, -0.2) is 0 Å². The summed E-state index contributed by atoms with van der Waals surface area (Å²) in [5.74, 6) is 2.47. The topological polar surface area (TPSA) is 53.7 Å². The van der Waals surface area contributed by atoms with Crippen LogP contribution >= 0.6 is 0 Å². The summed E-state index contributed by atoms with van der Waals surface area (Å²) in [5.41, 5.74) is 8.65. The van der Waals surface area contributed by atoms with Gasteiger partial charge in [-0.2, -0.15) is 0 Å². The zero-order valence-corrected chi connectivity index (χ0v) is 13.9. The summed E-state index contributed by atoms with van der Waals surface area (Å²) in [5, 5.41) is 0. The molecule has 2 aromatic carbocycles. The highest BCUT2D eigenvalue weighted by Crippen LogP contribution is 2.33. The minimum absolute atomic E-state index is 0. The molecule has 124 valence electrons. The van der Waals surface area contributed by atoms with Crippen molar-refractivity contribution in [1.29, 1.82) is 0 Å². The molecule has 1 unspecified atom stereocenters. The van der Waals surface area contributed by atoms with Crippen LogP contribution in [0.15, 0.2) is 42.5 Å². The van der Waals surface area contributed by atoms with E-state index in [4.69, 9.17) is 19.9 Å². The van der Waals surface area contributed by atoms with Crippen LogP contribution in [-0.4, -0.2) is 20.3 Å². The maximum Gasteiger partial charge on any atom is 1.00 e. The Bertz CT molecular complexity index is 637. The molecular weight excluding hydrogens is 314 g/mol. The second-order valence-corrected chi connectivity index (χ2v) is 5.40. The predicted molar refractivity (Wildman–Crippen MR) is 86.8 cm³/mol. The minimum Gasteiger partial charge on any atom is -1.00 e. The number of aryl methyl sites for hydroxylation is 1. The minimum atomic E-state index is -0.0158. The van der Waals surface area contributed by atoms with Crippen LogP contribution in [0.5, 0.6) is 17.2 Å². The maximum atomic E-state index is 6.31. The molecule has 1 atom stereocenters. The van der Waals surface area contributed by atoms with Crippen LogP contribution in [0.2, 0.25) is 0 Å². The SMILES string of the molecule is COc1ccc(CCC(N)c2ccc3c(c2)OCCO3)cc1.[Cl-].[H+]. The van der Waals surface area contributed by atoms with Gasteiger partial charge in [0.05, 0.1) is 7.11 Å². The van der Waals surface area contributed by atoms with Crippen LogP contribution < -0.4 is 32.4 Å². The Hall–Kier alpha value is -1.91. The number of benzene rings is 2. The highest BCUT2D eigenvalue weighted by molar-refractivity contribution is 5.44. The Balaban J connectivity index is 0.00000144. The number of rotatable bonds is 5.